The predicted molar refractivity (Wildman–Crippen MR) is 132 cm³/mol. The van der Waals surface area contributed by atoms with Gasteiger partial charge in [-0.1, -0.05) is 12.1 Å². The molecule has 182 valence electrons. The second-order valence-electron chi connectivity index (χ2n) is 7.46. The van der Waals surface area contributed by atoms with Gasteiger partial charge in [-0.15, -0.1) is 0 Å². The monoisotopic (exact) mass is 487 g/mol. The minimum atomic E-state index is -1.18. The number of carboxylic acid groups (broad SMARTS) is 1. The molecule has 11 heteroatoms. The highest BCUT2D eigenvalue weighted by Crippen LogP contribution is 2.34. The van der Waals surface area contributed by atoms with E-state index in [4.69, 9.17) is 20.9 Å². The highest BCUT2D eigenvalue weighted by atomic mass is 16.5. The maximum atomic E-state index is 11.4. The van der Waals surface area contributed by atoms with E-state index in [1.54, 1.807) is 0 Å². The molecule has 0 aliphatic rings. The van der Waals surface area contributed by atoms with Crippen LogP contribution >= 0.6 is 0 Å². The number of H-pyrrole nitrogens is 1. The van der Waals surface area contributed by atoms with Crippen molar-refractivity contribution in [1.29, 1.82) is 0 Å². The largest absolute Gasteiger partial charge is 0.506 e. The normalized spacial score (nSPS) is 10.3. The number of benzene rings is 4. The van der Waals surface area contributed by atoms with Crippen molar-refractivity contribution in [3.63, 3.8) is 0 Å². The Morgan fingerprint density at radius 1 is 0.694 bits per heavy atom. The third-order valence-electron chi connectivity index (χ3n) is 4.82. The number of carbonyl (C=O) groups is 1. The van der Waals surface area contributed by atoms with Crippen LogP contribution in [0.5, 0.6) is 34.5 Å². The van der Waals surface area contributed by atoms with Crippen LogP contribution < -0.4 is 20.9 Å². The summed E-state index contributed by atoms with van der Waals surface area (Å²) in [6.07, 6.45) is 0. The average molecular weight is 487 g/mol. The molecule has 0 bridgehead atoms. The van der Waals surface area contributed by atoms with Gasteiger partial charge < -0.3 is 36.3 Å². The molecule has 0 amide bonds. The zero-order valence-electron chi connectivity index (χ0n) is 18.6. The SMILES string of the molecule is Nc1ccc(Oc2cc(Oc3ccc(N)c(O)c3)cc(C(=O)O)c2)cc1O.c1ccc2n[nH]nc2c1. The van der Waals surface area contributed by atoms with Crippen LogP contribution in [0.3, 0.4) is 0 Å². The number of aromatic carboxylic acids is 1. The summed E-state index contributed by atoms with van der Waals surface area (Å²) < 4.78 is 11.2. The molecule has 0 aliphatic carbocycles. The fourth-order valence-corrected chi connectivity index (χ4v) is 3.05. The predicted octanol–water partition coefficient (Wildman–Crippen LogP) is 4.50. The van der Waals surface area contributed by atoms with Crippen molar-refractivity contribution < 1.29 is 29.6 Å². The number of hydrogen-bond acceptors (Lipinski definition) is 9. The molecule has 0 saturated heterocycles. The van der Waals surface area contributed by atoms with E-state index in [2.05, 4.69) is 15.4 Å². The molecular weight excluding hydrogens is 466 g/mol. The number of fused-ring (bicyclic) bond motifs is 1. The van der Waals surface area contributed by atoms with Gasteiger partial charge in [0.1, 0.15) is 45.5 Å². The number of phenols is 2. The molecule has 1 aromatic heterocycles. The fraction of sp³-hybridized carbons (Fsp3) is 0. The first-order chi connectivity index (χ1) is 17.3. The van der Waals surface area contributed by atoms with Gasteiger partial charge in [-0.2, -0.15) is 15.4 Å². The van der Waals surface area contributed by atoms with Gasteiger partial charge in [0.2, 0.25) is 0 Å². The number of aromatic hydroxyl groups is 2. The first kappa shape index (κ1) is 23.7. The maximum Gasteiger partial charge on any atom is 0.335 e. The van der Waals surface area contributed by atoms with Crippen molar-refractivity contribution in [2.45, 2.75) is 0 Å². The Bertz CT molecular complexity index is 1430. The molecule has 0 atom stereocenters. The molecule has 0 fully saturated rings. The number of hydrogen-bond donors (Lipinski definition) is 6. The maximum absolute atomic E-state index is 11.4. The molecule has 36 heavy (non-hydrogen) atoms. The zero-order valence-corrected chi connectivity index (χ0v) is 18.6. The zero-order chi connectivity index (χ0) is 25.7. The van der Waals surface area contributed by atoms with Crippen LogP contribution in [0, 0.1) is 0 Å². The Morgan fingerprint density at radius 3 is 1.58 bits per heavy atom. The first-order valence-electron chi connectivity index (χ1n) is 10.4. The Morgan fingerprint density at radius 2 is 1.17 bits per heavy atom. The lowest BCUT2D eigenvalue weighted by Crippen LogP contribution is -1.98. The molecule has 0 aliphatic heterocycles. The minimum Gasteiger partial charge on any atom is -0.506 e. The molecule has 8 N–H and O–H groups in total. The topological polar surface area (TPSA) is 190 Å². The van der Waals surface area contributed by atoms with Crippen molar-refractivity contribution in [3.8, 4) is 34.5 Å². The van der Waals surface area contributed by atoms with E-state index in [1.165, 1.54) is 54.6 Å². The molecule has 5 aromatic rings. The van der Waals surface area contributed by atoms with Gasteiger partial charge in [-0.05, 0) is 48.5 Å². The van der Waals surface area contributed by atoms with E-state index in [-0.39, 0.29) is 51.4 Å². The number of aromatic nitrogens is 3. The molecular formula is C25H21N5O6. The van der Waals surface area contributed by atoms with Gasteiger partial charge in [-0.3, -0.25) is 0 Å². The van der Waals surface area contributed by atoms with E-state index in [0.29, 0.717) is 0 Å². The average Bonchev–Trinajstić information content (AvgIpc) is 3.33. The van der Waals surface area contributed by atoms with E-state index in [0.717, 1.165) is 11.0 Å². The van der Waals surface area contributed by atoms with Gasteiger partial charge >= 0.3 is 5.97 Å². The quantitative estimate of drug-likeness (QED) is 0.152. The minimum absolute atomic E-state index is 0.0677. The summed E-state index contributed by atoms with van der Waals surface area (Å²) in [6, 6.07) is 20.4. The summed E-state index contributed by atoms with van der Waals surface area (Å²) in [7, 11) is 0. The number of carboxylic acids is 1. The van der Waals surface area contributed by atoms with E-state index in [1.807, 2.05) is 24.3 Å². The molecule has 0 spiro atoms. The van der Waals surface area contributed by atoms with Crippen LogP contribution in [-0.4, -0.2) is 36.7 Å². The Kier molecular flexibility index (Phi) is 6.73. The van der Waals surface area contributed by atoms with Crippen molar-refractivity contribution in [2.75, 3.05) is 11.5 Å². The molecule has 0 saturated carbocycles. The molecule has 5 rings (SSSR count). The van der Waals surface area contributed by atoms with Gasteiger partial charge in [0.25, 0.3) is 0 Å². The van der Waals surface area contributed by atoms with Crippen molar-refractivity contribution in [1.82, 2.24) is 15.4 Å². The Balaban J connectivity index is 0.000000280. The summed E-state index contributed by atoms with van der Waals surface area (Å²) in [6.45, 7) is 0. The smallest absolute Gasteiger partial charge is 0.335 e. The highest BCUT2D eigenvalue weighted by Gasteiger charge is 2.12. The van der Waals surface area contributed by atoms with Gasteiger partial charge in [0.15, 0.2) is 0 Å². The summed E-state index contributed by atoms with van der Waals surface area (Å²) in [4.78, 5) is 11.4. The Labute approximate surface area is 204 Å². The Hall–Kier alpha value is -5.45. The number of nitrogens with one attached hydrogen (secondary N) is 1. The summed E-state index contributed by atoms with van der Waals surface area (Å²) in [5.41, 5.74) is 13.2. The van der Waals surface area contributed by atoms with Crippen LogP contribution in [0.2, 0.25) is 0 Å². The number of rotatable bonds is 5. The fourth-order valence-electron chi connectivity index (χ4n) is 3.05. The first-order valence-corrected chi connectivity index (χ1v) is 10.4. The number of anilines is 2. The van der Waals surface area contributed by atoms with E-state index >= 15 is 0 Å². The van der Waals surface area contributed by atoms with Crippen LogP contribution in [0.15, 0.2) is 78.9 Å². The number of nitrogens with two attached hydrogens (primary N) is 2. The van der Waals surface area contributed by atoms with Gasteiger partial charge in [0, 0.05) is 18.2 Å². The van der Waals surface area contributed by atoms with E-state index < -0.39 is 5.97 Å². The second kappa shape index (κ2) is 10.2. The van der Waals surface area contributed by atoms with Gasteiger partial charge in [-0.25, -0.2) is 4.79 Å². The molecule has 11 nitrogen and oxygen atoms in total. The lowest BCUT2D eigenvalue weighted by molar-refractivity contribution is 0.0696. The second-order valence-corrected chi connectivity index (χ2v) is 7.46. The third kappa shape index (κ3) is 5.72. The van der Waals surface area contributed by atoms with Crippen molar-refractivity contribution in [3.05, 3.63) is 84.4 Å². The third-order valence-corrected chi connectivity index (χ3v) is 4.82. The molecule has 0 radical (unpaired) electrons. The summed E-state index contributed by atoms with van der Waals surface area (Å²) >= 11 is 0. The van der Waals surface area contributed by atoms with Crippen molar-refractivity contribution >= 4 is 28.4 Å². The van der Waals surface area contributed by atoms with E-state index in [9.17, 15) is 20.1 Å². The van der Waals surface area contributed by atoms with Crippen molar-refractivity contribution in [2.24, 2.45) is 0 Å². The summed E-state index contributed by atoms with van der Waals surface area (Å²) in [5.74, 6) is -0.611. The van der Waals surface area contributed by atoms with Crippen LogP contribution in [0.4, 0.5) is 11.4 Å². The number of phenolic OH excluding ortho intramolecular Hbond substituents is 2. The lowest BCUT2D eigenvalue weighted by Gasteiger charge is -2.12. The molecule has 0 unspecified atom stereocenters. The van der Waals surface area contributed by atoms with Gasteiger partial charge in [0.05, 0.1) is 16.9 Å². The number of nitrogen functional groups attached to an aromatic ring is 2. The number of para-hydroxylation sites is 2. The van der Waals surface area contributed by atoms with Crippen LogP contribution in [0.1, 0.15) is 10.4 Å². The molecule has 4 aromatic carbocycles. The number of ether oxygens (including phenoxy) is 2. The number of aromatic amines is 1. The standard InChI is InChI=1S/C19H16N2O6.C6H5N3/c20-15-3-1-11(8-17(15)22)26-13-5-10(19(24)25)6-14(7-13)27-12-2-4-16(21)18(23)9-12;1-2-4-6-5(3-1)7-9-8-6/h1-9,22-23H,20-21H2,(H,24,25);1-4H,(H,7,8,9). The number of nitrogens with zero attached hydrogens (tertiary/aromatic N) is 2. The van der Waals surface area contributed by atoms with Crippen LogP contribution in [0.25, 0.3) is 11.0 Å². The molecule has 1 heterocycles. The summed E-state index contributed by atoms with van der Waals surface area (Å²) in [5, 5.41) is 38.9. The van der Waals surface area contributed by atoms with Crippen LogP contribution in [-0.2, 0) is 0 Å². The lowest BCUT2D eigenvalue weighted by atomic mass is 10.2. The highest BCUT2D eigenvalue weighted by molar-refractivity contribution is 5.88.